The molecule has 1 aromatic carbocycles. The maximum Gasteiger partial charge on any atom is 0.246 e. The van der Waals surface area contributed by atoms with E-state index in [1.165, 1.54) is 23.4 Å². The number of carbonyl (C=O) groups excluding carboxylic acids is 2. The molecule has 0 N–H and O–H groups in total. The Labute approximate surface area is 248 Å². The predicted octanol–water partition coefficient (Wildman–Crippen LogP) is 4.98. The summed E-state index contributed by atoms with van der Waals surface area (Å²) in [7, 11) is 1.61. The van der Waals surface area contributed by atoms with Gasteiger partial charge in [-0.3, -0.25) is 19.5 Å². The quantitative estimate of drug-likeness (QED) is 0.158. The first-order valence-corrected chi connectivity index (χ1v) is 13.9. The van der Waals surface area contributed by atoms with Gasteiger partial charge in [-0.2, -0.15) is 0 Å². The Morgan fingerprint density at radius 2 is 1.88 bits per heavy atom. The minimum atomic E-state index is -0.853. The van der Waals surface area contributed by atoms with Crippen LogP contribution in [-0.2, 0) is 22.4 Å². The Morgan fingerprint density at radius 3 is 2.43 bits per heavy atom. The summed E-state index contributed by atoms with van der Waals surface area (Å²) in [6, 6.07) is 4.53. The molecular formula is C30H32ClF2N7O2. The molecule has 42 heavy (non-hydrogen) atoms. The van der Waals surface area contributed by atoms with Crippen molar-refractivity contribution >= 4 is 41.3 Å². The number of nitrogens with zero attached hydrogens (tertiary/aromatic N) is 7. The van der Waals surface area contributed by atoms with Crippen LogP contribution in [0, 0.1) is 11.6 Å². The van der Waals surface area contributed by atoms with E-state index in [1.54, 1.807) is 18.0 Å². The Hall–Kier alpha value is -4.25. The highest BCUT2D eigenvalue weighted by atomic mass is 35.5. The molecule has 12 heteroatoms. The number of aryl methyl sites for hydroxylation is 2. The van der Waals surface area contributed by atoms with Crippen molar-refractivity contribution in [1.29, 1.82) is 0 Å². The average Bonchev–Trinajstić information content (AvgIpc) is 2.99. The zero-order valence-corrected chi connectivity index (χ0v) is 24.7. The molecule has 3 aromatic rings. The van der Waals surface area contributed by atoms with E-state index < -0.39 is 11.6 Å². The SMILES string of the molecule is C=CC(=O)N1CCN(C(=NC)c2cc(Cl)c(-c3ccc(F)cc3F)nc2N(C=O)c2c(CC)ncnc2CC)C(C)C1. The zero-order valence-electron chi connectivity index (χ0n) is 23.9. The first-order valence-electron chi connectivity index (χ1n) is 13.6. The topological polar surface area (TPSA) is 94.9 Å². The molecule has 1 unspecified atom stereocenters. The summed E-state index contributed by atoms with van der Waals surface area (Å²) >= 11 is 6.73. The molecule has 1 aliphatic heterocycles. The molecule has 4 rings (SSSR count). The number of benzene rings is 1. The lowest BCUT2D eigenvalue weighted by atomic mass is 10.1. The highest BCUT2D eigenvalue weighted by Gasteiger charge is 2.32. The molecule has 0 aliphatic carbocycles. The van der Waals surface area contributed by atoms with Crippen molar-refractivity contribution in [1.82, 2.24) is 24.8 Å². The van der Waals surface area contributed by atoms with Crippen LogP contribution in [0.5, 0.6) is 0 Å². The van der Waals surface area contributed by atoms with E-state index in [4.69, 9.17) is 16.6 Å². The van der Waals surface area contributed by atoms with E-state index in [0.717, 1.165) is 12.1 Å². The van der Waals surface area contributed by atoms with Crippen LogP contribution in [0.25, 0.3) is 11.3 Å². The lowest BCUT2D eigenvalue weighted by Gasteiger charge is -2.41. The first kappa shape index (κ1) is 30.7. The summed E-state index contributed by atoms with van der Waals surface area (Å²) < 4.78 is 28.7. The van der Waals surface area contributed by atoms with Crippen LogP contribution in [-0.4, -0.2) is 75.6 Å². The number of amides is 2. The molecule has 2 aromatic heterocycles. The average molecular weight is 596 g/mol. The van der Waals surface area contributed by atoms with E-state index in [2.05, 4.69) is 21.5 Å². The molecule has 0 spiro atoms. The monoisotopic (exact) mass is 595 g/mol. The number of aromatic nitrogens is 3. The number of carbonyl (C=O) groups is 2. The zero-order chi connectivity index (χ0) is 30.6. The summed E-state index contributed by atoms with van der Waals surface area (Å²) in [5.41, 5.74) is 2.10. The highest BCUT2D eigenvalue weighted by Crippen LogP contribution is 2.38. The molecule has 1 fully saturated rings. The number of rotatable bonds is 8. The Bertz CT molecular complexity index is 1530. The van der Waals surface area contributed by atoms with Crippen LogP contribution in [0.1, 0.15) is 37.7 Å². The van der Waals surface area contributed by atoms with Crippen LogP contribution in [0.4, 0.5) is 20.3 Å². The molecule has 0 bridgehead atoms. The third kappa shape index (κ3) is 5.87. The summed E-state index contributed by atoms with van der Waals surface area (Å²) in [6.07, 6.45) is 4.35. The molecule has 0 saturated carbocycles. The molecule has 220 valence electrons. The van der Waals surface area contributed by atoms with Gasteiger partial charge in [-0.1, -0.05) is 32.0 Å². The summed E-state index contributed by atoms with van der Waals surface area (Å²) in [5.74, 6) is -1.16. The van der Waals surface area contributed by atoms with E-state index in [1.807, 2.05) is 25.7 Å². The van der Waals surface area contributed by atoms with Gasteiger partial charge in [0.05, 0.1) is 33.4 Å². The molecular weight excluding hydrogens is 564 g/mol. The van der Waals surface area contributed by atoms with Crippen molar-refractivity contribution in [3.8, 4) is 11.3 Å². The van der Waals surface area contributed by atoms with Gasteiger partial charge in [0.15, 0.2) is 5.82 Å². The van der Waals surface area contributed by atoms with Gasteiger partial charge in [0.25, 0.3) is 0 Å². The standard InChI is InChI=1S/C30H32ClF2N7O2/c1-6-24-28(25(7-2)36-16-35-24)40(17-41)30-21(14-22(31)27(37-30)20-10-9-19(32)13-23(20)33)29(34-5)39-12-11-38(15-18(39)4)26(42)8-3/h8-10,13-14,16-18H,3,6-7,11-12,15H2,1-2,4-5H3. The molecule has 9 nitrogen and oxygen atoms in total. The predicted molar refractivity (Wildman–Crippen MR) is 159 cm³/mol. The number of aliphatic imine (C=N–C) groups is 1. The largest absolute Gasteiger partial charge is 0.350 e. The van der Waals surface area contributed by atoms with Gasteiger partial charge >= 0.3 is 0 Å². The van der Waals surface area contributed by atoms with Crippen LogP contribution in [0.3, 0.4) is 0 Å². The Kier molecular flexibility index (Phi) is 9.62. The van der Waals surface area contributed by atoms with E-state index in [9.17, 15) is 18.4 Å². The van der Waals surface area contributed by atoms with E-state index in [-0.39, 0.29) is 34.0 Å². The maximum atomic E-state index is 15.0. The second kappa shape index (κ2) is 13.2. The van der Waals surface area contributed by atoms with Gasteiger partial charge in [0.1, 0.15) is 23.8 Å². The van der Waals surface area contributed by atoms with Crippen molar-refractivity contribution in [2.24, 2.45) is 4.99 Å². The fourth-order valence-electron chi connectivity index (χ4n) is 5.16. The number of piperazine rings is 1. The molecule has 1 aliphatic rings. The van der Waals surface area contributed by atoms with Crippen molar-refractivity contribution < 1.29 is 18.4 Å². The highest BCUT2D eigenvalue weighted by molar-refractivity contribution is 6.33. The van der Waals surface area contributed by atoms with Crippen LogP contribution in [0.2, 0.25) is 5.02 Å². The van der Waals surface area contributed by atoms with Gasteiger partial charge in [-0.25, -0.2) is 23.7 Å². The van der Waals surface area contributed by atoms with Crippen molar-refractivity contribution in [2.75, 3.05) is 31.6 Å². The molecule has 3 heterocycles. The van der Waals surface area contributed by atoms with Gasteiger partial charge in [-0.15, -0.1) is 0 Å². The van der Waals surface area contributed by atoms with Crippen molar-refractivity contribution in [3.63, 3.8) is 0 Å². The third-order valence-corrected chi connectivity index (χ3v) is 7.49. The molecule has 0 radical (unpaired) electrons. The smallest absolute Gasteiger partial charge is 0.246 e. The fourth-order valence-corrected chi connectivity index (χ4v) is 5.42. The van der Waals surface area contributed by atoms with Crippen LogP contribution >= 0.6 is 11.6 Å². The number of pyridine rings is 1. The maximum absolute atomic E-state index is 15.0. The van der Waals surface area contributed by atoms with Gasteiger partial charge in [-0.05, 0) is 44.0 Å². The Balaban J connectivity index is 1.96. The van der Waals surface area contributed by atoms with E-state index >= 15 is 0 Å². The minimum absolute atomic E-state index is 0.0256. The summed E-state index contributed by atoms with van der Waals surface area (Å²) in [6.45, 7) is 10.6. The molecule has 2 amide bonds. The van der Waals surface area contributed by atoms with Crippen molar-refractivity contribution in [2.45, 2.75) is 39.7 Å². The van der Waals surface area contributed by atoms with Gasteiger partial charge in [0.2, 0.25) is 12.3 Å². The minimum Gasteiger partial charge on any atom is -0.350 e. The normalized spacial score (nSPS) is 15.5. The van der Waals surface area contributed by atoms with Gasteiger partial charge in [0, 0.05) is 44.4 Å². The van der Waals surface area contributed by atoms with Crippen molar-refractivity contribution in [3.05, 3.63) is 76.9 Å². The van der Waals surface area contributed by atoms with Crippen LogP contribution in [0.15, 0.2) is 48.2 Å². The third-order valence-electron chi connectivity index (χ3n) is 7.20. The van der Waals surface area contributed by atoms with Crippen LogP contribution < -0.4 is 4.90 Å². The number of anilines is 2. The summed E-state index contributed by atoms with van der Waals surface area (Å²) in [4.78, 5) is 48.3. The lowest BCUT2D eigenvalue weighted by molar-refractivity contribution is -0.128. The Morgan fingerprint density at radius 1 is 1.19 bits per heavy atom. The number of hydrogen-bond acceptors (Lipinski definition) is 6. The lowest BCUT2D eigenvalue weighted by Crippen LogP contribution is -2.55. The number of halogens is 3. The second-order valence-electron chi connectivity index (χ2n) is 9.69. The summed E-state index contributed by atoms with van der Waals surface area (Å²) in [5, 5.41) is 0.0788. The second-order valence-corrected chi connectivity index (χ2v) is 10.1. The fraction of sp³-hybridized carbons (Fsp3) is 0.333. The molecule has 1 saturated heterocycles. The first-order chi connectivity index (χ1) is 20.2. The van der Waals surface area contributed by atoms with E-state index in [0.29, 0.717) is 67.4 Å². The van der Waals surface area contributed by atoms with Gasteiger partial charge < -0.3 is 9.80 Å². The number of hydrogen-bond donors (Lipinski definition) is 0. The number of amidine groups is 1. The molecule has 1 atom stereocenters.